The monoisotopic (exact) mass is 381 g/mol. The van der Waals surface area contributed by atoms with Gasteiger partial charge >= 0.3 is 5.97 Å². The third kappa shape index (κ3) is 3.84. The molecule has 1 atom stereocenters. The van der Waals surface area contributed by atoms with Crippen molar-refractivity contribution in [1.29, 1.82) is 0 Å². The summed E-state index contributed by atoms with van der Waals surface area (Å²) < 4.78 is 11.1. The van der Waals surface area contributed by atoms with E-state index in [1.807, 2.05) is 31.2 Å². The van der Waals surface area contributed by atoms with E-state index in [2.05, 4.69) is 31.0 Å². The van der Waals surface area contributed by atoms with Gasteiger partial charge < -0.3 is 19.6 Å². The van der Waals surface area contributed by atoms with Crippen LogP contribution in [0.1, 0.15) is 44.2 Å². The topological polar surface area (TPSA) is 71.6 Å². The lowest BCUT2D eigenvalue weighted by molar-refractivity contribution is -0.136. The SMILES string of the molecule is CCOc1cc(-c2[nH]c3ccc(C(C)CC)cc3c2CC(=O)O)ccc1OC. The van der Waals surface area contributed by atoms with Crippen molar-refractivity contribution in [2.45, 2.75) is 39.5 Å². The second-order valence-corrected chi connectivity index (χ2v) is 6.96. The van der Waals surface area contributed by atoms with Crippen LogP contribution in [0.15, 0.2) is 36.4 Å². The lowest BCUT2D eigenvalue weighted by Gasteiger charge is -2.11. The maximum Gasteiger partial charge on any atom is 0.307 e. The van der Waals surface area contributed by atoms with Crippen molar-refractivity contribution in [1.82, 2.24) is 4.98 Å². The number of fused-ring (bicyclic) bond motifs is 1. The molecule has 5 heteroatoms. The molecule has 2 N–H and O–H groups in total. The van der Waals surface area contributed by atoms with E-state index in [0.29, 0.717) is 24.0 Å². The van der Waals surface area contributed by atoms with E-state index in [1.165, 1.54) is 5.56 Å². The number of aliphatic carboxylic acids is 1. The fraction of sp³-hybridized carbons (Fsp3) is 0.348. The fourth-order valence-electron chi connectivity index (χ4n) is 3.49. The van der Waals surface area contributed by atoms with Crippen LogP contribution in [0.2, 0.25) is 0 Å². The molecule has 0 aliphatic heterocycles. The van der Waals surface area contributed by atoms with Crippen LogP contribution < -0.4 is 9.47 Å². The number of carboxylic acids is 1. The Morgan fingerprint density at radius 1 is 1.14 bits per heavy atom. The third-order valence-corrected chi connectivity index (χ3v) is 5.19. The predicted octanol–water partition coefficient (Wildman–Crippen LogP) is 5.38. The van der Waals surface area contributed by atoms with Crippen molar-refractivity contribution in [2.75, 3.05) is 13.7 Å². The van der Waals surface area contributed by atoms with Crippen LogP contribution in [-0.2, 0) is 11.2 Å². The summed E-state index contributed by atoms with van der Waals surface area (Å²) in [5.74, 6) is 0.865. The van der Waals surface area contributed by atoms with Gasteiger partial charge in [-0.25, -0.2) is 0 Å². The first-order valence-electron chi connectivity index (χ1n) is 9.65. The molecule has 0 aliphatic carbocycles. The maximum atomic E-state index is 11.6. The average molecular weight is 381 g/mol. The molecule has 28 heavy (non-hydrogen) atoms. The van der Waals surface area contributed by atoms with Gasteiger partial charge in [0.2, 0.25) is 0 Å². The van der Waals surface area contributed by atoms with Gasteiger partial charge in [-0.15, -0.1) is 0 Å². The van der Waals surface area contributed by atoms with Crippen LogP contribution >= 0.6 is 0 Å². The Morgan fingerprint density at radius 2 is 1.93 bits per heavy atom. The molecule has 1 heterocycles. The summed E-state index contributed by atoms with van der Waals surface area (Å²) in [5, 5.41) is 10.5. The number of nitrogens with one attached hydrogen (secondary N) is 1. The van der Waals surface area contributed by atoms with Gasteiger partial charge in [0, 0.05) is 16.5 Å². The lowest BCUT2D eigenvalue weighted by atomic mass is 9.95. The third-order valence-electron chi connectivity index (χ3n) is 5.19. The molecule has 1 aromatic heterocycles. The highest BCUT2D eigenvalue weighted by atomic mass is 16.5. The van der Waals surface area contributed by atoms with Crippen molar-refractivity contribution >= 4 is 16.9 Å². The molecule has 148 valence electrons. The maximum absolute atomic E-state index is 11.6. The van der Waals surface area contributed by atoms with E-state index in [4.69, 9.17) is 9.47 Å². The number of rotatable bonds is 8. The van der Waals surface area contributed by atoms with Gasteiger partial charge in [0.1, 0.15) is 0 Å². The van der Waals surface area contributed by atoms with Crippen LogP contribution in [0.5, 0.6) is 11.5 Å². The molecule has 0 fully saturated rings. The Kier molecular flexibility index (Phi) is 5.93. The zero-order chi connectivity index (χ0) is 20.3. The number of H-pyrrole nitrogens is 1. The first kappa shape index (κ1) is 19.8. The Morgan fingerprint density at radius 3 is 2.57 bits per heavy atom. The predicted molar refractivity (Wildman–Crippen MR) is 112 cm³/mol. The minimum Gasteiger partial charge on any atom is -0.493 e. The quantitative estimate of drug-likeness (QED) is 0.549. The highest BCUT2D eigenvalue weighted by molar-refractivity contribution is 5.94. The van der Waals surface area contributed by atoms with Crippen LogP contribution in [0, 0.1) is 0 Å². The molecular formula is C23H27NO4. The van der Waals surface area contributed by atoms with E-state index in [0.717, 1.165) is 34.1 Å². The standard InChI is InChI=1S/C23H27NO4/c1-5-14(3)15-7-9-19-17(11-15)18(13-22(25)26)23(24-19)16-8-10-20(27-4)21(12-16)28-6-2/h7-12,14,24H,5-6,13H2,1-4H3,(H,25,26). The molecule has 3 rings (SSSR count). The summed E-state index contributed by atoms with van der Waals surface area (Å²) in [6, 6.07) is 11.9. The van der Waals surface area contributed by atoms with E-state index in [-0.39, 0.29) is 6.42 Å². The summed E-state index contributed by atoms with van der Waals surface area (Å²) in [6.07, 6.45) is 0.989. The Balaban J connectivity index is 2.19. The van der Waals surface area contributed by atoms with Crippen molar-refractivity contribution in [3.05, 3.63) is 47.5 Å². The van der Waals surface area contributed by atoms with Crippen LogP contribution in [0.25, 0.3) is 22.2 Å². The zero-order valence-electron chi connectivity index (χ0n) is 16.8. The summed E-state index contributed by atoms with van der Waals surface area (Å²) in [6.45, 7) is 6.78. The summed E-state index contributed by atoms with van der Waals surface area (Å²) in [4.78, 5) is 15.0. The van der Waals surface area contributed by atoms with Gasteiger partial charge in [-0.2, -0.15) is 0 Å². The molecule has 0 radical (unpaired) electrons. The Bertz CT molecular complexity index is 990. The number of hydrogen-bond donors (Lipinski definition) is 2. The number of methoxy groups -OCH3 is 1. The highest BCUT2D eigenvalue weighted by Crippen LogP contribution is 2.37. The molecular weight excluding hydrogens is 354 g/mol. The van der Waals surface area contributed by atoms with Gasteiger partial charge in [0.25, 0.3) is 0 Å². The first-order valence-corrected chi connectivity index (χ1v) is 9.65. The number of carbonyl (C=O) groups is 1. The molecule has 3 aromatic rings. The van der Waals surface area contributed by atoms with Crippen LogP contribution in [-0.4, -0.2) is 29.8 Å². The molecule has 0 bridgehead atoms. The molecule has 0 spiro atoms. The molecule has 1 unspecified atom stereocenters. The number of carboxylic acid groups (broad SMARTS) is 1. The van der Waals surface area contributed by atoms with Gasteiger partial charge in [-0.05, 0) is 60.7 Å². The fourth-order valence-corrected chi connectivity index (χ4v) is 3.49. The molecule has 0 aliphatic rings. The smallest absolute Gasteiger partial charge is 0.307 e. The second kappa shape index (κ2) is 8.38. The van der Waals surface area contributed by atoms with E-state index >= 15 is 0 Å². The average Bonchev–Trinajstić information content (AvgIpc) is 3.04. The Labute approximate surface area is 165 Å². The zero-order valence-corrected chi connectivity index (χ0v) is 16.8. The molecule has 2 aromatic carbocycles. The Hall–Kier alpha value is -2.95. The van der Waals surface area contributed by atoms with Crippen molar-refractivity contribution in [2.24, 2.45) is 0 Å². The van der Waals surface area contributed by atoms with Gasteiger partial charge in [-0.3, -0.25) is 4.79 Å². The van der Waals surface area contributed by atoms with Crippen molar-refractivity contribution < 1.29 is 19.4 Å². The minimum absolute atomic E-state index is 0.0463. The van der Waals surface area contributed by atoms with E-state index < -0.39 is 5.97 Å². The second-order valence-electron chi connectivity index (χ2n) is 6.96. The largest absolute Gasteiger partial charge is 0.493 e. The van der Waals surface area contributed by atoms with E-state index in [9.17, 15) is 9.90 Å². The van der Waals surface area contributed by atoms with Gasteiger partial charge in [-0.1, -0.05) is 19.9 Å². The summed E-state index contributed by atoms with van der Waals surface area (Å²) in [5.41, 5.74) is 4.63. The lowest BCUT2D eigenvalue weighted by Crippen LogP contribution is -2.01. The van der Waals surface area contributed by atoms with Crippen molar-refractivity contribution in [3.8, 4) is 22.8 Å². The summed E-state index contributed by atoms with van der Waals surface area (Å²) >= 11 is 0. The minimum atomic E-state index is -0.852. The van der Waals surface area contributed by atoms with Gasteiger partial charge in [0.05, 0.1) is 25.8 Å². The number of ether oxygens (including phenoxy) is 2. The number of aromatic nitrogens is 1. The number of hydrogen-bond acceptors (Lipinski definition) is 3. The summed E-state index contributed by atoms with van der Waals surface area (Å²) in [7, 11) is 1.60. The molecule has 5 nitrogen and oxygen atoms in total. The van der Waals surface area contributed by atoms with Crippen LogP contribution in [0.4, 0.5) is 0 Å². The van der Waals surface area contributed by atoms with Crippen LogP contribution in [0.3, 0.4) is 0 Å². The van der Waals surface area contributed by atoms with E-state index in [1.54, 1.807) is 7.11 Å². The van der Waals surface area contributed by atoms with Gasteiger partial charge in [0.15, 0.2) is 11.5 Å². The molecule has 0 saturated carbocycles. The molecule has 0 saturated heterocycles. The molecule has 0 amide bonds. The normalized spacial score (nSPS) is 12.1. The number of benzene rings is 2. The van der Waals surface area contributed by atoms with Crippen molar-refractivity contribution in [3.63, 3.8) is 0 Å². The number of aromatic amines is 1. The highest BCUT2D eigenvalue weighted by Gasteiger charge is 2.18. The first-order chi connectivity index (χ1) is 13.5.